The summed E-state index contributed by atoms with van der Waals surface area (Å²) in [5.41, 5.74) is 0.586. The summed E-state index contributed by atoms with van der Waals surface area (Å²) in [5.74, 6) is 4.53. The van der Waals surface area contributed by atoms with Gasteiger partial charge in [0.15, 0.2) is 0 Å². The molecule has 100 valence electrons. The van der Waals surface area contributed by atoms with Crippen molar-refractivity contribution in [1.82, 2.24) is 5.32 Å². The van der Waals surface area contributed by atoms with Crippen LogP contribution in [0.25, 0.3) is 0 Å². The highest BCUT2D eigenvalue weighted by atomic mass is 127. The number of hydrogen-bond acceptors (Lipinski definition) is 2. The highest BCUT2D eigenvalue weighted by Crippen LogP contribution is 2.16. The van der Waals surface area contributed by atoms with Crippen LogP contribution in [0.1, 0.15) is 23.7 Å². The van der Waals surface area contributed by atoms with Crippen LogP contribution in [0.15, 0.2) is 18.2 Å². The van der Waals surface area contributed by atoms with Crippen LogP contribution in [0, 0.1) is 15.4 Å². The maximum absolute atomic E-state index is 11.5. The third-order valence-corrected chi connectivity index (χ3v) is 2.74. The number of aromatic carboxylic acids is 1. The Hall–Kier alpha value is -1.75. The number of amides is 2. The lowest BCUT2D eigenvalue weighted by molar-refractivity contribution is 0.0697. The van der Waals surface area contributed by atoms with Gasteiger partial charge in [-0.1, -0.05) is 0 Å². The Morgan fingerprint density at radius 1 is 1.37 bits per heavy atom. The van der Waals surface area contributed by atoms with Gasteiger partial charge in [-0.2, -0.15) is 0 Å². The predicted octanol–water partition coefficient (Wildman–Crippen LogP) is 2.52. The van der Waals surface area contributed by atoms with E-state index in [0.717, 1.165) is 3.57 Å². The minimum Gasteiger partial charge on any atom is -0.478 e. The number of nitrogens with one attached hydrogen (secondary N) is 2. The summed E-state index contributed by atoms with van der Waals surface area (Å²) in [6.07, 6.45) is 0.580. The molecule has 0 bridgehead atoms. The first-order valence-electron chi connectivity index (χ1n) is 5.51. The van der Waals surface area contributed by atoms with Gasteiger partial charge in [-0.25, -0.2) is 9.59 Å². The second-order valence-corrected chi connectivity index (χ2v) is 4.84. The molecule has 1 aromatic rings. The first-order chi connectivity index (χ1) is 9.02. The van der Waals surface area contributed by atoms with Crippen LogP contribution in [0.2, 0.25) is 0 Å². The third-order valence-electron chi connectivity index (χ3n) is 2.11. The molecule has 5 nitrogen and oxygen atoms in total. The van der Waals surface area contributed by atoms with E-state index in [1.165, 1.54) is 12.1 Å². The Balaban J connectivity index is 2.62. The fraction of sp³-hybridized carbons (Fsp3) is 0.231. The number of halogens is 1. The molecule has 19 heavy (non-hydrogen) atoms. The fourth-order valence-corrected chi connectivity index (χ4v) is 2.00. The van der Waals surface area contributed by atoms with Crippen molar-refractivity contribution in [1.29, 1.82) is 0 Å². The van der Waals surface area contributed by atoms with Crippen LogP contribution in [0.4, 0.5) is 10.5 Å². The number of hydrogen-bond donors (Lipinski definition) is 3. The topological polar surface area (TPSA) is 78.4 Å². The van der Waals surface area contributed by atoms with Crippen molar-refractivity contribution < 1.29 is 14.7 Å². The van der Waals surface area contributed by atoms with Crippen LogP contribution < -0.4 is 10.6 Å². The summed E-state index contributed by atoms with van der Waals surface area (Å²) in [4.78, 5) is 22.4. The lowest BCUT2D eigenvalue weighted by atomic mass is 10.2. The summed E-state index contributed by atoms with van der Waals surface area (Å²) < 4.78 is 0.740. The van der Waals surface area contributed by atoms with E-state index in [2.05, 4.69) is 22.5 Å². The quantitative estimate of drug-likeness (QED) is 0.432. The van der Waals surface area contributed by atoms with Crippen molar-refractivity contribution in [3.05, 3.63) is 27.3 Å². The van der Waals surface area contributed by atoms with E-state index >= 15 is 0 Å². The Kier molecular flexibility index (Phi) is 6.15. The standard InChI is InChI=1S/C13H13IN2O3/c1-2-3-4-5-15-13(19)16-11-7-9(12(17)18)6-10(14)8-11/h6-8H,4-5H2,1H3,(H,17,18)(H2,15,16,19). The van der Waals surface area contributed by atoms with Crippen molar-refractivity contribution in [3.8, 4) is 11.8 Å². The van der Waals surface area contributed by atoms with Gasteiger partial charge in [0.05, 0.1) is 5.56 Å². The molecule has 0 saturated carbocycles. The summed E-state index contributed by atoms with van der Waals surface area (Å²) in [6.45, 7) is 2.18. The van der Waals surface area contributed by atoms with Gasteiger partial charge in [-0.05, 0) is 47.7 Å². The number of carbonyl (C=O) groups excluding carboxylic acids is 1. The molecule has 0 aliphatic carbocycles. The molecule has 0 saturated heterocycles. The molecule has 0 spiro atoms. The van der Waals surface area contributed by atoms with Gasteiger partial charge < -0.3 is 15.7 Å². The summed E-state index contributed by atoms with van der Waals surface area (Å²) in [6, 6.07) is 4.26. The molecule has 0 radical (unpaired) electrons. The van der Waals surface area contributed by atoms with Crippen molar-refractivity contribution in [2.45, 2.75) is 13.3 Å². The SMILES string of the molecule is CC#CCCNC(=O)Nc1cc(I)cc(C(=O)O)c1. The van der Waals surface area contributed by atoms with Gasteiger partial charge in [0, 0.05) is 22.2 Å². The van der Waals surface area contributed by atoms with Crippen LogP contribution in [0.3, 0.4) is 0 Å². The van der Waals surface area contributed by atoms with Crippen LogP contribution in [-0.2, 0) is 0 Å². The number of anilines is 1. The van der Waals surface area contributed by atoms with Gasteiger partial charge >= 0.3 is 12.0 Å². The molecule has 1 rings (SSSR count). The number of carboxylic acid groups (broad SMARTS) is 1. The Morgan fingerprint density at radius 2 is 2.11 bits per heavy atom. The van der Waals surface area contributed by atoms with E-state index < -0.39 is 5.97 Å². The van der Waals surface area contributed by atoms with E-state index in [1.807, 2.05) is 22.6 Å². The molecule has 0 fully saturated rings. The second kappa shape index (κ2) is 7.63. The minimum absolute atomic E-state index is 0.138. The van der Waals surface area contributed by atoms with E-state index in [4.69, 9.17) is 5.11 Å². The van der Waals surface area contributed by atoms with Gasteiger partial charge in [0.2, 0.25) is 0 Å². The molecule has 0 heterocycles. The predicted molar refractivity (Wildman–Crippen MR) is 81.2 cm³/mol. The number of carboxylic acids is 1. The number of urea groups is 1. The fourth-order valence-electron chi connectivity index (χ4n) is 1.32. The minimum atomic E-state index is -1.03. The second-order valence-electron chi connectivity index (χ2n) is 3.59. The molecule has 0 atom stereocenters. The molecule has 2 amide bonds. The zero-order valence-corrected chi connectivity index (χ0v) is 12.4. The number of benzene rings is 1. The molecule has 1 aromatic carbocycles. The number of carbonyl (C=O) groups is 2. The third kappa shape index (κ3) is 5.61. The number of rotatable bonds is 4. The van der Waals surface area contributed by atoms with Crippen molar-refractivity contribution in [2.75, 3.05) is 11.9 Å². The molecule has 0 aliphatic rings. The van der Waals surface area contributed by atoms with Crippen LogP contribution in [0.5, 0.6) is 0 Å². The lowest BCUT2D eigenvalue weighted by Gasteiger charge is -2.08. The van der Waals surface area contributed by atoms with Crippen molar-refractivity contribution in [3.63, 3.8) is 0 Å². The largest absolute Gasteiger partial charge is 0.478 e. The van der Waals surface area contributed by atoms with E-state index in [0.29, 0.717) is 18.7 Å². The van der Waals surface area contributed by atoms with E-state index in [-0.39, 0.29) is 11.6 Å². The average Bonchev–Trinajstić information content (AvgIpc) is 2.34. The highest BCUT2D eigenvalue weighted by molar-refractivity contribution is 14.1. The van der Waals surface area contributed by atoms with Crippen molar-refractivity contribution >= 4 is 40.3 Å². The highest BCUT2D eigenvalue weighted by Gasteiger charge is 2.07. The van der Waals surface area contributed by atoms with Crippen LogP contribution >= 0.6 is 22.6 Å². The molecule has 0 aromatic heterocycles. The molecule has 0 unspecified atom stereocenters. The maximum Gasteiger partial charge on any atom is 0.335 e. The Labute approximate surface area is 124 Å². The molecule has 0 aliphatic heterocycles. The smallest absolute Gasteiger partial charge is 0.335 e. The lowest BCUT2D eigenvalue weighted by Crippen LogP contribution is -2.29. The first-order valence-corrected chi connectivity index (χ1v) is 6.59. The Bertz CT molecular complexity index is 547. The zero-order valence-electron chi connectivity index (χ0n) is 10.3. The average molecular weight is 372 g/mol. The van der Waals surface area contributed by atoms with Gasteiger partial charge in [-0.15, -0.1) is 11.8 Å². The summed E-state index contributed by atoms with van der Waals surface area (Å²) >= 11 is 2.00. The van der Waals surface area contributed by atoms with Crippen LogP contribution in [-0.4, -0.2) is 23.7 Å². The van der Waals surface area contributed by atoms with Gasteiger partial charge in [0.1, 0.15) is 0 Å². The van der Waals surface area contributed by atoms with E-state index in [9.17, 15) is 9.59 Å². The normalized spacial score (nSPS) is 9.16. The van der Waals surface area contributed by atoms with Gasteiger partial charge in [0.25, 0.3) is 0 Å². The zero-order chi connectivity index (χ0) is 14.3. The Morgan fingerprint density at radius 3 is 2.74 bits per heavy atom. The molecular weight excluding hydrogens is 359 g/mol. The molecule has 3 N–H and O–H groups in total. The van der Waals surface area contributed by atoms with Gasteiger partial charge in [-0.3, -0.25) is 0 Å². The van der Waals surface area contributed by atoms with Crippen molar-refractivity contribution in [2.24, 2.45) is 0 Å². The summed E-state index contributed by atoms with van der Waals surface area (Å²) in [5, 5.41) is 14.1. The van der Waals surface area contributed by atoms with E-state index in [1.54, 1.807) is 13.0 Å². The first kappa shape index (κ1) is 15.3. The monoisotopic (exact) mass is 372 g/mol. The molecular formula is C13H13IN2O3. The maximum atomic E-state index is 11.5. The summed E-state index contributed by atoms with van der Waals surface area (Å²) in [7, 11) is 0. The molecule has 6 heteroatoms.